The molecule has 21 heavy (non-hydrogen) atoms. The Morgan fingerprint density at radius 1 is 1.33 bits per heavy atom. The highest BCUT2D eigenvalue weighted by molar-refractivity contribution is 7.11. The summed E-state index contributed by atoms with van der Waals surface area (Å²) >= 11 is 1.66. The second-order valence-corrected chi connectivity index (χ2v) is 7.17. The number of aliphatic hydroxyl groups excluding tert-OH is 1. The van der Waals surface area contributed by atoms with Gasteiger partial charge in [-0.15, -0.1) is 11.3 Å². The standard InChI is InChI=1S/C16H21FN2OS/c1-16(2,3)15-19-9-11(21-15)8-18-10-14(20)12-6-4-5-7-13(12)17/h4-7,9,14,18,20H,8,10H2,1-3H3. The average molecular weight is 308 g/mol. The number of rotatable bonds is 5. The van der Waals surface area contributed by atoms with E-state index >= 15 is 0 Å². The lowest BCUT2D eigenvalue weighted by molar-refractivity contribution is 0.170. The molecule has 0 radical (unpaired) electrons. The van der Waals surface area contributed by atoms with E-state index in [0.717, 1.165) is 9.88 Å². The quantitative estimate of drug-likeness (QED) is 0.890. The minimum absolute atomic E-state index is 0.0512. The fraction of sp³-hybridized carbons (Fsp3) is 0.438. The van der Waals surface area contributed by atoms with E-state index in [1.54, 1.807) is 29.5 Å². The van der Waals surface area contributed by atoms with Crippen LogP contribution in [0.5, 0.6) is 0 Å². The monoisotopic (exact) mass is 308 g/mol. The molecule has 0 spiro atoms. The third kappa shape index (κ3) is 4.33. The number of hydrogen-bond acceptors (Lipinski definition) is 4. The van der Waals surface area contributed by atoms with Crippen LogP contribution in [-0.2, 0) is 12.0 Å². The van der Waals surface area contributed by atoms with Crippen LogP contribution in [0, 0.1) is 5.82 Å². The molecule has 1 atom stereocenters. The molecule has 1 heterocycles. The van der Waals surface area contributed by atoms with E-state index in [0.29, 0.717) is 18.7 Å². The molecule has 1 aromatic carbocycles. The Morgan fingerprint density at radius 3 is 2.67 bits per heavy atom. The number of hydrogen-bond donors (Lipinski definition) is 2. The molecule has 5 heteroatoms. The van der Waals surface area contributed by atoms with Crippen molar-refractivity contribution in [2.75, 3.05) is 6.54 Å². The number of thiazole rings is 1. The molecule has 2 rings (SSSR count). The van der Waals surface area contributed by atoms with E-state index in [1.165, 1.54) is 6.07 Å². The molecule has 0 amide bonds. The average Bonchev–Trinajstić information content (AvgIpc) is 2.88. The van der Waals surface area contributed by atoms with Gasteiger partial charge in [0.05, 0.1) is 11.1 Å². The number of aliphatic hydroxyl groups is 1. The second kappa shape index (κ2) is 6.64. The predicted octanol–water partition coefficient (Wildman–Crippen LogP) is 3.40. The predicted molar refractivity (Wildman–Crippen MR) is 83.9 cm³/mol. The summed E-state index contributed by atoms with van der Waals surface area (Å²) in [6, 6.07) is 6.30. The lowest BCUT2D eigenvalue weighted by Gasteiger charge is -2.14. The zero-order chi connectivity index (χ0) is 15.5. The van der Waals surface area contributed by atoms with Crippen molar-refractivity contribution < 1.29 is 9.50 Å². The molecule has 0 aliphatic carbocycles. The molecule has 0 saturated heterocycles. The van der Waals surface area contributed by atoms with Crippen molar-refractivity contribution in [1.82, 2.24) is 10.3 Å². The van der Waals surface area contributed by atoms with Crippen molar-refractivity contribution in [1.29, 1.82) is 0 Å². The zero-order valence-electron chi connectivity index (χ0n) is 12.6. The van der Waals surface area contributed by atoms with Gasteiger partial charge in [-0.05, 0) is 6.07 Å². The van der Waals surface area contributed by atoms with Crippen LogP contribution in [0.2, 0.25) is 0 Å². The molecular formula is C16H21FN2OS. The maximum absolute atomic E-state index is 13.5. The first-order chi connectivity index (χ1) is 9.88. The summed E-state index contributed by atoms with van der Waals surface area (Å²) < 4.78 is 13.5. The number of halogens is 1. The highest BCUT2D eigenvalue weighted by Crippen LogP contribution is 2.26. The van der Waals surface area contributed by atoms with E-state index < -0.39 is 6.10 Å². The summed E-state index contributed by atoms with van der Waals surface area (Å²) in [5.41, 5.74) is 0.375. The Kier molecular flexibility index (Phi) is 5.08. The summed E-state index contributed by atoms with van der Waals surface area (Å²) in [6.07, 6.45) is 1.01. The molecule has 1 aromatic heterocycles. The van der Waals surface area contributed by atoms with Crippen molar-refractivity contribution >= 4 is 11.3 Å². The van der Waals surface area contributed by atoms with Gasteiger partial charge in [0, 0.05) is 35.1 Å². The van der Waals surface area contributed by atoms with Crippen LogP contribution >= 0.6 is 11.3 Å². The fourth-order valence-electron chi connectivity index (χ4n) is 1.92. The topological polar surface area (TPSA) is 45.2 Å². The van der Waals surface area contributed by atoms with Crippen LogP contribution in [0.4, 0.5) is 4.39 Å². The first-order valence-corrected chi connectivity index (χ1v) is 7.78. The fourth-order valence-corrected chi connectivity index (χ4v) is 2.86. The second-order valence-electron chi connectivity index (χ2n) is 6.05. The third-order valence-electron chi connectivity index (χ3n) is 3.10. The van der Waals surface area contributed by atoms with Gasteiger partial charge in [0.1, 0.15) is 5.82 Å². The lowest BCUT2D eigenvalue weighted by Crippen LogP contribution is -2.21. The largest absolute Gasteiger partial charge is 0.387 e. The molecule has 3 nitrogen and oxygen atoms in total. The molecule has 0 aliphatic heterocycles. The van der Waals surface area contributed by atoms with E-state index in [9.17, 15) is 9.50 Å². The molecule has 0 fully saturated rings. The Balaban J connectivity index is 1.87. The first kappa shape index (κ1) is 16.1. The first-order valence-electron chi connectivity index (χ1n) is 6.96. The molecule has 1 unspecified atom stereocenters. The van der Waals surface area contributed by atoms with Crippen LogP contribution in [0.15, 0.2) is 30.5 Å². The minimum Gasteiger partial charge on any atom is -0.387 e. The summed E-state index contributed by atoms with van der Waals surface area (Å²) in [7, 11) is 0. The van der Waals surface area contributed by atoms with Gasteiger partial charge in [-0.25, -0.2) is 9.37 Å². The van der Waals surface area contributed by atoms with Crippen molar-refractivity contribution in [3.63, 3.8) is 0 Å². The molecule has 0 saturated carbocycles. The van der Waals surface area contributed by atoms with Gasteiger partial charge < -0.3 is 10.4 Å². The zero-order valence-corrected chi connectivity index (χ0v) is 13.4. The summed E-state index contributed by atoms with van der Waals surface area (Å²) in [6.45, 7) is 7.32. The van der Waals surface area contributed by atoms with Crippen LogP contribution < -0.4 is 5.32 Å². The van der Waals surface area contributed by atoms with E-state index in [2.05, 4.69) is 31.1 Å². The molecule has 0 bridgehead atoms. The van der Waals surface area contributed by atoms with Crippen LogP contribution in [0.1, 0.15) is 42.3 Å². The number of nitrogens with zero attached hydrogens (tertiary/aromatic N) is 1. The van der Waals surface area contributed by atoms with Gasteiger partial charge in [0.15, 0.2) is 0 Å². The maximum Gasteiger partial charge on any atom is 0.129 e. The maximum atomic E-state index is 13.5. The third-order valence-corrected chi connectivity index (χ3v) is 4.52. The van der Waals surface area contributed by atoms with E-state index in [-0.39, 0.29) is 11.2 Å². The normalized spacial score (nSPS) is 13.4. The van der Waals surface area contributed by atoms with Crippen LogP contribution in [0.3, 0.4) is 0 Å². The Morgan fingerprint density at radius 2 is 2.05 bits per heavy atom. The SMILES string of the molecule is CC(C)(C)c1ncc(CNCC(O)c2ccccc2F)s1. The summed E-state index contributed by atoms with van der Waals surface area (Å²) in [5, 5.41) is 14.2. The molecule has 2 aromatic rings. The highest BCUT2D eigenvalue weighted by atomic mass is 32.1. The molecule has 2 N–H and O–H groups in total. The highest BCUT2D eigenvalue weighted by Gasteiger charge is 2.18. The van der Waals surface area contributed by atoms with E-state index in [4.69, 9.17) is 0 Å². The van der Waals surface area contributed by atoms with Gasteiger partial charge in [0.2, 0.25) is 0 Å². The van der Waals surface area contributed by atoms with Crippen LogP contribution in [-0.4, -0.2) is 16.6 Å². The van der Waals surface area contributed by atoms with Gasteiger partial charge in [-0.3, -0.25) is 0 Å². The summed E-state index contributed by atoms with van der Waals surface area (Å²) in [4.78, 5) is 5.53. The Labute approximate surface area is 128 Å². The van der Waals surface area contributed by atoms with Crippen molar-refractivity contribution in [3.8, 4) is 0 Å². The van der Waals surface area contributed by atoms with E-state index in [1.807, 2.05) is 6.20 Å². The van der Waals surface area contributed by atoms with Gasteiger partial charge in [0.25, 0.3) is 0 Å². The minimum atomic E-state index is -0.846. The summed E-state index contributed by atoms with van der Waals surface area (Å²) in [5.74, 6) is -0.375. The smallest absolute Gasteiger partial charge is 0.129 e. The van der Waals surface area contributed by atoms with Crippen molar-refractivity contribution in [2.24, 2.45) is 0 Å². The van der Waals surface area contributed by atoms with Gasteiger partial charge >= 0.3 is 0 Å². The molecular weight excluding hydrogens is 287 g/mol. The number of aromatic nitrogens is 1. The molecule has 0 aliphatic rings. The Bertz CT molecular complexity index is 592. The number of nitrogens with one attached hydrogen (secondary N) is 1. The van der Waals surface area contributed by atoms with Crippen LogP contribution in [0.25, 0.3) is 0 Å². The van der Waals surface area contributed by atoms with Crippen molar-refractivity contribution in [3.05, 3.63) is 51.7 Å². The van der Waals surface area contributed by atoms with Gasteiger partial charge in [-0.2, -0.15) is 0 Å². The lowest BCUT2D eigenvalue weighted by atomic mass is 9.98. The van der Waals surface area contributed by atoms with Crippen molar-refractivity contribution in [2.45, 2.75) is 38.8 Å². The van der Waals surface area contributed by atoms with Gasteiger partial charge in [-0.1, -0.05) is 39.0 Å². The Hall–Kier alpha value is -1.30. The number of benzene rings is 1. The molecule has 114 valence electrons.